The number of rotatable bonds is 8. The molecule has 1 saturated carbocycles. The minimum Gasteiger partial charge on any atom is -0.272 e. The fourth-order valence-corrected chi connectivity index (χ4v) is 4.68. The maximum atomic E-state index is 5.52. The number of hydrogen-bond donors (Lipinski definition) is 0. The van der Waals surface area contributed by atoms with E-state index in [9.17, 15) is 0 Å². The summed E-state index contributed by atoms with van der Waals surface area (Å²) in [5, 5.41) is 0. The molecular formula is C30H37N. The first-order chi connectivity index (χ1) is 14.6. The number of allylic oxidation sites excluding steroid dienone is 9. The molecule has 1 unspecified atom stereocenters. The van der Waals surface area contributed by atoms with E-state index in [0.717, 1.165) is 29.7 Å². The van der Waals surface area contributed by atoms with E-state index in [2.05, 4.69) is 76.6 Å². The molecule has 1 atom stereocenters. The van der Waals surface area contributed by atoms with Crippen molar-refractivity contribution in [3.8, 4) is 12.3 Å². The third-order valence-electron chi connectivity index (χ3n) is 7.23. The summed E-state index contributed by atoms with van der Waals surface area (Å²) in [6.07, 6.45) is 21.4. The molecule has 3 aliphatic rings. The Morgan fingerprint density at radius 2 is 1.94 bits per heavy atom. The smallest absolute Gasteiger partial charge is 0.112 e. The van der Waals surface area contributed by atoms with E-state index in [4.69, 9.17) is 6.42 Å². The second-order valence-corrected chi connectivity index (χ2v) is 10.1. The van der Waals surface area contributed by atoms with Gasteiger partial charge in [-0.05, 0) is 97.6 Å². The van der Waals surface area contributed by atoms with Gasteiger partial charge in [0.25, 0.3) is 0 Å². The first kappa shape index (κ1) is 23.1. The molecule has 0 amide bonds. The maximum absolute atomic E-state index is 5.52. The molecule has 1 aliphatic heterocycles. The molecule has 1 fully saturated rings. The lowest BCUT2D eigenvalue weighted by molar-refractivity contribution is 0.191. The first-order valence-electron chi connectivity index (χ1n) is 11.5. The van der Waals surface area contributed by atoms with Gasteiger partial charge in [0.1, 0.15) is 6.04 Å². The number of hydrogen-bond acceptors (Lipinski definition) is 1. The molecule has 31 heavy (non-hydrogen) atoms. The molecule has 0 bridgehead atoms. The van der Waals surface area contributed by atoms with E-state index in [1.807, 2.05) is 6.08 Å². The summed E-state index contributed by atoms with van der Waals surface area (Å²) in [6.45, 7) is 21.7. The van der Waals surface area contributed by atoms with Crippen molar-refractivity contribution in [1.82, 2.24) is 0 Å². The van der Waals surface area contributed by atoms with Gasteiger partial charge in [-0.1, -0.05) is 63.3 Å². The van der Waals surface area contributed by atoms with E-state index in [1.54, 1.807) is 0 Å². The Bertz CT molecular complexity index is 984. The summed E-state index contributed by atoms with van der Waals surface area (Å²) in [6, 6.07) is 0.0606. The largest absolute Gasteiger partial charge is 0.272 e. The van der Waals surface area contributed by atoms with Gasteiger partial charge >= 0.3 is 0 Å². The Labute approximate surface area is 189 Å². The number of terminal acetylenes is 1. The summed E-state index contributed by atoms with van der Waals surface area (Å²) in [4.78, 5) is 4.56. The van der Waals surface area contributed by atoms with Gasteiger partial charge in [0.05, 0.1) is 5.71 Å². The van der Waals surface area contributed by atoms with Crippen molar-refractivity contribution >= 4 is 5.71 Å². The molecule has 3 rings (SSSR count). The first-order valence-corrected chi connectivity index (χ1v) is 11.5. The van der Waals surface area contributed by atoms with Crippen molar-refractivity contribution in [2.45, 2.75) is 72.3 Å². The van der Waals surface area contributed by atoms with Crippen molar-refractivity contribution < 1.29 is 0 Å². The molecule has 0 saturated heterocycles. The van der Waals surface area contributed by atoms with Crippen LogP contribution in [-0.2, 0) is 0 Å². The summed E-state index contributed by atoms with van der Waals surface area (Å²) in [5.41, 5.74) is 9.69. The van der Waals surface area contributed by atoms with Gasteiger partial charge in [-0.3, -0.25) is 4.99 Å². The quantitative estimate of drug-likeness (QED) is 0.285. The molecule has 0 aromatic heterocycles. The molecular weight excluding hydrogens is 374 g/mol. The SMILES string of the molecule is C#CC(=C)C1=NC1/C=C(/CC1CCC(C)(C)CC1)C(=C)/C=C(\C=C)C1=CCC(C)=C1C. The van der Waals surface area contributed by atoms with Crippen LogP contribution in [0.25, 0.3) is 0 Å². The van der Waals surface area contributed by atoms with Gasteiger partial charge in [-0.2, -0.15) is 0 Å². The Balaban J connectivity index is 1.82. The van der Waals surface area contributed by atoms with Crippen LogP contribution in [0, 0.1) is 23.7 Å². The predicted molar refractivity (Wildman–Crippen MR) is 136 cm³/mol. The van der Waals surface area contributed by atoms with Gasteiger partial charge in [0.15, 0.2) is 0 Å². The fraction of sp³-hybridized carbons (Fsp3) is 0.433. The third kappa shape index (κ3) is 5.56. The van der Waals surface area contributed by atoms with Gasteiger partial charge in [0, 0.05) is 5.57 Å². The molecule has 0 N–H and O–H groups in total. The lowest BCUT2D eigenvalue weighted by atomic mass is 9.71. The standard InChI is InChI=1S/C30H37N/c1-9-20(3)29-28(31-29)19-26(18-24-13-15-30(7,8)16-14-24)22(5)17-25(10-2)27-12-11-21(4)23(27)6/h1,10,12,17,19,24,28H,2-3,5,11,13-16,18H2,4,6-8H3/b25-17+,26-19-. The van der Waals surface area contributed by atoms with E-state index in [1.165, 1.54) is 48.0 Å². The topological polar surface area (TPSA) is 12.4 Å². The van der Waals surface area contributed by atoms with Gasteiger partial charge < -0.3 is 0 Å². The van der Waals surface area contributed by atoms with Crippen LogP contribution < -0.4 is 0 Å². The van der Waals surface area contributed by atoms with Crippen molar-refractivity contribution in [3.05, 3.63) is 83.1 Å². The molecule has 0 spiro atoms. The molecule has 1 nitrogen and oxygen atoms in total. The van der Waals surface area contributed by atoms with Crippen LogP contribution >= 0.6 is 0 Å². The zero-order valence-corrected chi connectivity index (χ0v) is 19.9. The van der Waals surface area contributed by atoms with Gasteiger partial charge in [0.2, 0.25) is 0 Å². The molecule has 0 radical (unpaired) electrons. The van der Waals surface area contributed by atoms with Crippen LogP contribution in [0.1, 0.15) is 66.2 Å². The molecule has 2 aliphatic carbocycles. The summed E-state index contributed by atoms with van der Waals surface area (Å²) < 4.78 is 0. The molecule has 0 aromatic carbocycles. The lowest BCUT2D eigenvalue weighted by Gasteiger charge is -2.34. The normalized spacial score (nSPS) is 23.8. The minimum atomic E-state index is 0.0606. The van der Waals surface area contributed by atoms with Crippen LogP contribution in [0.15, 0.2) is 88.0 Å². The highest BCUT2D eigenvalue weighted by Gasteiger charge is 2.30. The van der Waals surface area contributed by atoms with E-state index in [-0.39, 0.29) is 6.04 Å². The molecule has 1 heteroatoms. The summed E-state index contributed by atoms with van der Waals surface area (Å²) in [7, 11) is 0. The Morgan fingerprint density at radius 1 is 1.26 bits per heavy atom. The zero-order valence-electron chi connectivity index (χ0n) is 19.9. The summed E-state index contributed by atoms with van der Waals surface area (Å²) >= 11 is 0. The Hall–Kier alpha value is -2.59. The van der Waals surface area contributed by atoms with Crippen molar-refractivity contribution in [2.24, 2.45) is 16.3 Å². The van der Waals surface area contributed by atoms with Crippen LogP contribution in [-0.4, -0.2) is 11.8 Å². The monoisotopic (exact) mass is 411 g/mol. The minimum absolute atomic E-state index is 0.0606. The van der Waals surface area contributed by atoms with E-state index < -0.39 is 0 Å². The molecule has 162 valence electrons. The Morgan fingerprint density at radius 3 is 2.48 bits per heavy atom. The Kier molecular flexibility index (Phi) is 6.90. The number of aliphatic imine (C=N–C) groups is 1. The third-order valence-corrected chi connectivity index (χ3v) is 7.23. The van der Waals surface area contributed by atoms with E-state index >= 15 is 0 Å². The fourth-order valence-electron chi connectivity index (χ4n) is 4.68. The van der Waals surface area contributed by atoms with Gasteiger partial charge in [-0.15, -0.1) is 6.42 Å². The van der Waals surface area contributed by atoms with Crippen molar-refractivity contribution in [2.75, 3.05) is 0 Å². The van der Waals surface area contributed by atoms with Crippen LogP contribution in [0.4, 0.5) is 0 Å². The maximum Gasteiger partial charge on any atom is 0.112 e. The van der Waals surface area contributed by atoms with Crippen LogP contribution in [0.2, 0.25) is 0 Å². The lowest BCUT2D eigenvalue weighted by Crippen LogP contribution is -2.21. The van der Waals surface area contributed by atoms with Crippen LogP contribution in [0.3, 0.4) is 0 Å². The van der Waals surface area contributed by atoms with E-state index in [0.29, 0.717) is 16.9 Å². The highest BCUT2D eigenvalue weighted by molar-refractivity contribution is 6.16. The molecule has 1 heterocycles. The second kappa shape index (κ2) is 9.27. The average Bonchev–Trinajstić information content (AvgIpc) is 3.44. The highest BCUT2D eigenvalue weighted by atomic mass is 15.0. The predicted octanol–water partition coefficient (Wildman–Crippen LogP) is 7.87. The number of nitrogens with zero attached hydrogens (tertiary/aromatic N) is 1. The average molecular weight is 412 g/mol. The zero-order chi connectivity index (χ0) is 22.8. The van der Waals surface area contributed by atoms with Gasteiger partial charge in [-0.25, -0.2) is 0 Å². The van der Waals surface area contributed by atoms with Crippen molar-refractivity contribution in [1.29, 1.82) is 0 Å². The second-order valence-electron chi connectivity index (χ2n) is 10.1. The van der Waals surface area contributed by atoms with Crippen LogP contribution in [0.5, 0.6) is 0 Å². The van der Waals surface area contributed by atoms with Crippen molar-refractivity contribution in [3.63, 3.8) is 0 Å². The molecule has 0 aromatic rings. The highest BCUT2D eigenvalue weighted by Crippen LogP contribution is 2.41. The summed E-state index contributed by atoms with van der Waals surface area (Å²) in [5.74, 6) is 3.32.